The summed E-state index contributed by atoms with van der Waals surface area (Å²) < 4.78 is 4.86. The van der Waals surface area contributed by atoms with Crippen LogP contribution in [-0.2, 0) is 6.42 Å². The molecule has 0 radical (unpaired) electrons. The van der Waals surface area contributed by atoms with Gasteiger partial charge in [0.1, 0.15) is 5.82 Å². The minimum absolute atomic E-state index is 0.144. The lowest BCUT2D eigenvalue weighted by atomic mass is 10.2. The fourth-order valence-corrected chi connectivity index (χ4v) is 1.76. The molecule has 0 aliphatic rings. The van der Waals surface area contributed by atoms with Crippen molar-refractivity contribution in [2.75, 3.05) is 18.4 Å². The highest BCUT2D eigenvalue weighted by molar-refractivity contribution is 5.94. The fourth-order valence-electron chi connectivity index (χ4n) is 1.76. The van der Waals surface area contributed by atoms with Gasteiger partial charge in [0.2, 0.25) is 5.89 Å². The van der Waals surface area contributed by atoms with Crippen LogP contribution in [0, 0.1) is 6.92 Å². The second-order valence-electron chi connectivity index (χ2n) is 4.25. The first-order valence-electron chi connectivity index (χ1n) is 6.45. The van der Waals surface area contributed by atoms with Crippen molar-refractivity contribution in [3.05, 3.63) is 35.6 Å². The lowest BCUT2D eigenvalue weighted by molar-refractivity contribution is 0.0953. The smallest absolute Gasteiger partial charge is 0.251 e. The Morgan fingerprint density at radius 3 is 2.95 bits per heavy atom. The molecule has 2 heterocycles. The molecule has 1 amide bonds. The lowest BCUT2D eigenvalue weighted by Gasteiger charge is -2.08. The predicted octanol–water partition coefficient (Wildman–Crippen LogP) is 1.18. The van der Waals surface area contributed by atoms with Crippen LogP contribution >= 0.6 is 0 Å². The second-order valence-corrected chi connectivity index (χ2v) is 4.25. The maximum atomic E-state index is 12.0. The first kappa shape index (κ1) is 14.0. The number of carbonyl (C=O) groups excluding carboxylic acids is 1. The Morgan fingerprint density at radius 1 is 1.40 bits per heavy atom. The first-order valence-corrected chi connectivity index (χ1v) is 6.45. The van der Waals surface area contributed by atoms with Gasteiger partial charge in [0.15, 0.2) is 6.33 Å². The summed E-state index contributed by atoms with van der Waals surface area (Å²) in [4.78, 5) is 20.2. The molecule has 0 spiro atoms. The van der Waals surface area contributed by atoms with Crippen LogP contribution in [0.2, 0.25) is 0 Å². The predicted molar refractivity (Wildman–Crippen MR) is 73.5 cm³/mol. The number of hydrogen-bond donors (Lipinski definition) is 2. The summed E-state index contributed by atoms with van der Waals surface area (Å²) in [5.74, 6) is 1.06. The number of anilines is 1. The highest BCUT2D eigenvalue weighted by Crippen LogP contribution is 2.10. The first-order chi connectivity index (χ1) is 9.69. The van der Waals surface area contributed by atoms with Crippen LogP contribution in [0.15, 0.2) is 23.0 Å². The third-order valence-corrected chi connectivity index (χ3v) is 2.60. The van der Waals surface area contributed by atoms with Gasteiger partial charge in [-0.1, -0.05) is 5.16 Å². The zero-order valence-corrected chi connectivity index (χ0v) is 11.5. The van der Waals surface area contributed by atoms with Gasteiger partial charge < -0.3 is 15.2 Å². The molecule has 0 aliphatic heterocycles. The SMILES string of the molecule is CCNc1cc(C(=O)NCCc2ncno2)cc(C)n1. The summed E-state index contributed by atoms with van der Waals surface area (Å²) in [6.07, 6.45) is 1.85. The Balaban J connectivity index is 1.94. The number of amides is 1. The second kappa shape index (κ2) is 6.65. The molecule has 0 bridgehead atoms. The van der Waals surface area contributed by atoms with E-state index in [1.165, 1.54) is 6.33 Å². The quantitative estimate of drug-likeness (QED) is 0.822. The molecule has 0 fully saturated rings. The Labute approximate surface area is 116 Å². The van der Waals surface area contributed by atoms with Crippen molar-refractivity contribution >= 4 is 11.7 Å². The van der Waals surface area contributed by atoms with Gasteiger partial charge in [-0.3, -0.25) is 4.79 Å². The molecule has 0 saturated carbocycles. The van der Waals surface area contributed by atoms with Crippen LogP contribution in [0.1, 0.15) is 28.9 Å². The molecule has 0 atom stereocenters. The molecule has 2 aromatic heterocycles. The minimum Gasteiger partial charge on any atom is -0.370 e. The van der Waals surface area contributed by atoms with E-state index in [0.29, 0.717) is 30.2 Å². The summed E-state index contributed by atoms with van der Waals surface area (Å²) in [6.45, 7) is 5.04. The number of hydrogen-bond acceptors (Lipinski definition) is 6. The monoisotopic (exact) mass is 275 g/mol. The van der Waals surface area contributed by atoms with Crippen molar-refractivity contribution in [3.8, 4) is 0 Å². The van der Waals surface area contributed by atoms with Gasteiger partial charge in [-0.05, 0) is 26.0 Å². The molecule has 20 heavy (non-hydrogen) atoms. The topological polar surface area (TPSA) is 92.9 Å². The van der Waals surface area contributed by atoms with E-state index in [1.54, 1.807) is 12.1 Å². The molecule has 0 saturated heterocycles. The third kappa shape index (κ3) is 3.78. The average Bonchev–Trinajstić information content (AvgIpc) is 2.91. The minimum atomic E-state index is -0.144. The van der Waals surface area contributed by atoms with Gasteiger partial charge in [-0.25, -0.2) is 4.98 Å². The van der Waals surface area contributed by atoms with Crippen LogP contribution in [-0.4, -0.2) is 34.1 Å². The van der Waals surface area contributed by atoms with Crippen LogP contribution in [0.25, 0.3) is 0 Å². The fraction of sp³-hybridized carbons (Fsp3) is 0.385. The van der Waals surface area contributed by atoms with Gasteiger partial charge >= 0.3 is 0 Å². The maximum absolute atomic E-state index is 12.0. The maximum Gasteiger partial charge on any atom is 0.251 e. The van der Waals surface area contributed by atoms with E-state index in [0.717, 1.165) is 12.2 Å². The zero-order chi connectivity index (χ0) is 14.4. The highest BCUT2D eigenvalue weighted by Gasteiger charge is 2.08. The Kier molecular flexibility index (Phi) is 4.65. The molecule has 0 unspecified atom stereocenters. The van der Waals surface area contributed by atoms with Crippen molar-refractivity contribution in [3.63, 3.8) is 0 Å². The summed E-state index contributed by atoms with van der Waals surface area (Å²) in [6, 6.07) is 3.49. The molecular weight excluding hydrogens is 258 g/mol. The van der Waals surface area contributed by atoms with E-state index in [2.05, 4.69) is 25.8 Å². The Morgan fingerprint density at radius 2 is 2.25 bits per heavy atom. The standard InChI is InChI=1S/C13H17N5O2/c1-3-14-11-7-10(6-9(2)18-11)13(19)15-5-4-12-16-8-17-20-12/h6-8H,3-5H2,1-2H3,(H,14,18)(H,15,19). The average molecular weight is 275 g/mol. The summed E-state index contributed by atoms with van der Waals surface area (Å²) >= 11 is 0. The molecule has 7 nitrogen and oxygen atoms in total. The van der Waals surface area contributed by atoms with E-state index >= 15 is 0 Å². The van der Waals surface area contributed by atoms with Crippen LogP contribution < -0.4 is 10.6 Å². The van der Waals surface area contributed by atoms with Crippen LogP contribution in [0.3, 0.4) is 0 Å². The zero-order valence-electron chi connectivity index (χ0n) is 11.5. The molecule has 0 aromatic carbocycles. The van der Waals surface area contributed by atoms with Gasteiger partial charge in [0.05, 0.1) is 0 Å². The number of aryl methyl sites for hydroxylation is 1. The number of carbonyl (C=O) groups is 1. The van der Waals surface area contributed by atoms with Crippen molar-refractivity contribution in [2.24, 2.45) is 0 Å². The van der Waals surface area contributed by atoms with Crippen molar-refractivity contribution in [2.45, 2.75) is 20.3 Å². The van der Waals surface area contributed by atoms with Crippen molar-refractivity contribution in [1.82, 2.24) is 20.4 Å². The molecule has 106 valence electrons. The van der Waals surface area contributed by atoms with E-state index in [9.17, 15) is 4.79 Å². The molecule has 2 N–H and O–H groups in total. The largest absolute Gasteiger partial charge is 0.370 e. The molecule has 0 aliphatic carbocycles. The molecule has 2 rings (SSSR count). The van der Waals surface area contributed by atoms with Gasteiger partial charge in [0, 0.05) is 30.8 Å². The highest BCUT2D eigenvalue weighted by atomic mass is 16.5. The number of nitrogens with one attached hydrogen (secondary N) is 2. The van der Waals surface area contributed by atoms with Crippen molar-refractivity contribution in [1.29, 1.82) is 0 Å². The number of rotatable bonds is 6. The van der Waals surface area contributed by atoms with Gasteiger partial charge in [0.25, 0.3) is 5.91 Å². The van der Waals surface area contributed by atoms with Gasteiger partial charge in [-0.2, -0.15) is 4.98 Å². The summed E-state index contributed by atoms with van der Waals surface area (Å²) in [5, 5.41) is 9.42. The number of aromatic nitrogens is 3. The number of nitrogens with zero attached hydrogens (tertiary/aromatic N) is 3. The molecular formula is C13H17N5O2. The van der Waals surface area contributed by atoms with Crippen LogP contribution in [0.5, 0.6) is 0 Å². The van der Waals surface area contributed by atoms with Crippen LogP contribution in [0.4, 0.5) is 5.82 Å². The van der Waals surface area contributed by atoms with E-state index in [-0.39, 0.29) is 5.91 Å². The molecule has 2 aromatic rings. The summed E-state index contributed by atoms with van der Waals surface area (Å²) in [7, 11) is 0. The Hall–Kier alpha value is -2.44. The summed E-state index contributed by atoms with van der Waals surface area (Å²) in [5.41, 5.74) is 1.38. The Bertz CT molecular complexity index is 568. The van der Waals surface area contributed by atoms with E-state index < -0.39 is 0 Å². The van der Waals surface area contributed by atoms with Crippen molar-refractivity contribution < 1.29 is 9.32 Å². The lowest BCUT2D eigenvalue weighted by Crippen LogP contribution is -2.26. The van der Waals surface area contributed by atoms with E-state index in [4.69, 9.17) is 4.52 Å². The number of pyridine rings is 1. The normalized spacial score (nSPS) is 10.3. The van der Waals surface area contributed by atoms with Gasteiger partial charge in [-0.15, -0.1) is 0 Å². The molecule has 7 heteroatoms. The third-order valence-electron chi connectivity index (χ3n) is 2.60. The van der Waals surface area contributed by atoms with E-state index in [1.807, 2.05) is 13.8 Å².